The van der Waals surface area contributed by atoms with Gasteiger partial charge in [0.2, 0.25) is 5.91 Å². The molecule has 0 unspecified atom stereocenters. The lowest BCUT2D eigenvalue weighted by Gasteiger charge is -2.31. The lowest BCUT2D eigenvalue weighted by atomic mass is 9.82. The highest BCUT2D eigenvalue weighted by molar-refractivity contribution is 5.86. The second-order valence-corrected chi connectivity index (χ2v) is 5.31. The lowest BCUT2D eigenvalue weighted by molar-refractivity contribution is -0.127. The van der Waals surface area contributed by atoms with Gasteiger partial charge in [0.15, 0.2) is 0 Å². The zero-order valence-corrected chi connectivity index (χ0v) is 12.3. The van der Waals surface area contributed by atoms with E-state index in [1.165, 1.54) is 6.07 Å². The minimum Gasteiger partial charge on any atom is -0.354 e. The van der Waals surface area contributed by atoms with Gasteiger partial charge in [0, 0.05) is 6.54 Å². The number of amides is 1. The summed E-state index contributed by atoms with van der Waals surface area (Å²) in [5, 5.41) is 2.84. The summed E-state index contributed by atoms with van der Waals surface area (Å²) < 4.78 is 13.4. The van der Waals surface area contributed by atoms with Crippen LogP contribution in [0.25, 0.3) is 0 Å². The molecule has 112 valence electrons. The van der Waals surface area contributed by atoms with E-state index in [2.05, 4.69) is 5.32 Å². The number of carbonyl (C=O) groups excluding carboxylic acids is 1. The Hall–Kier alpha value is -1.13. The standard InChI is InChI=1S/C15H21FN2O.ClH/c16-13-7-3-2-6-12(13)8-11-18-14(19)15(17)9-4-1-5-10-15;/h2-3,6-7H,1,4-5,8-11,17H2,(H,18,19);1H. The van der Waals surface area contributed by atoms with Crippen molar-refractivity contribution in [2.75, 3.05) is 6.54 Å². The van der Waals surface area contributed by atoms with Gasteiger partial charge in [-0.1, -0.05) is 37.5 Å². The first-order valence-corrected chi connectivity index (χ1v) is 6.92. The third-order valence-corrected chi connectivity index (χ3v) is 3.84. The van der Waals surface area contributed by atoms with Crippen LogP contribution in [0.15, 0.2) is 24.3 Å². The van der Waals surface area contributed by atoms with E-state index in [0.717, 1.165) is 32.1 Å². The van der Waals surface area contributed by atoms with Gasteiger partial charge in [-0.3, -0.25) is 4.79 Å². The fraction of sp³-hybridized carbons (Fsp3) is 0.533. The first-order chi connectivity index (χ1) is 9.12. The first-order valence-electron chi connectivity index (χ1n) is 6.92. The van der Waals surface area contributed by atoms with Crippen LogP contribution < -0.4 is 11.1 Å². The van der Waals surface area contributed by atoms with Gasteiger partial charge >= 0.3 is 0 Å². The SMILES string of the molecule is Cl.NC1(C(=O)NCCc2ccccc2F)CCCCC1. The van der Waals surface area contributed by atoms with Crippen LogP contribution in [0.2, 0.25) is 0 Å². The first kappa shape index (κ1) is 16.9. The summed E-state index contributed by atoms with van der Waals surface area (Å²) in [5.74, 6) is -0.319. The molecule has 1 aromatic rings. The topological polar surface area (TPSA) is 55.1 Å². The van der Waals surface area contributed by atoms with Crippen molar-refractivity contribution in [2.24, 2.45) is 5.73 Å². The molecule has 1 amide bonds. The van der Waals surface area contributed by atoms with Crippen LogP contribution in [0.5, 0.6) is 0 Å². The van der Waals surface area contributed by atoms with Gasteiger partial charge in [-0.05, 0) is 30.9 Å². The van der Waals surface area contributed by atoms with E-state index < -0.39 is 5.54 Å². The highest BCUT2D eigenvalue weighted by atomic mass is 35.5. The van der Waals surface area contributed by atoms with Crippen molar-refractivity contribution in [3.05, 3.63) is 35.6 Å². The normalized spacial score (nSPS) is 17.1. The fourth-order valence-corrected chi connectivity index (χ4v) is 2.60. The van der Waals surface area contributed by atoms with Crippen LogP contribution >= 0.6 is 12.4 Å². The summed E-state index contributed by atoms with van der Waals surface area (Å²) in [6.45, 7) is 0.429. The number of halogens is 2. The predicted octanol–water partition coefficient (Wildman–Crippen LogP) is 2.57. The maximum Gasteiger partial charge on any atom is 0.240 e. The zero-order valence-electron chi connectivity index (χ0n) is 11.5. The van der Waals surface area contributed by atoms with Crippen LogP contribution in [0, 0.1) is 5.82 Å². The Balaban J connectivity index is 0.00000200. The summed E-state index contributed by atoms with van der Waals surface area (Å²) in [7, 11) is 0. The monoisotopic (exact) mass is 300 g/mol. The third-order valence-electron chi connectivity index (χ3n) is 3.84. The van der Waals surface area contributed by atoms with Crippen LogP contribution in [0.4, 0.5) is 4.39 Å². The Labute approximate surface area is 125 Å². The van der Waals surface area contributed by atoms with E-state index in [0.29, 0.717) is 18.5 Å². The van der Waals surface area contributed by atoms with Crippen LogP contribution in [0.1, 0.15) is 37.7 Å². The minimum absolute atomic E-state index is 0. The van der Waals surface area contributed by atoms with Crippen LogP contribution in [0.3, 0.4) is 0 Å². The van der Waals surface area contributed by atoms with Crippen molar-refractivity contribution in [3.8, 4) is 0 Å². The van der Waals surface area contributed by atoms with E-state index >= 15 is 0 Å². The van der Waals surface area contributed by atoms with Gasteiger partial charge in [0.05, 0.1) is 5.54 Å². The van der Waals surface area contributed by atoms with Gasteiger partial charge in [-0.2, -0.15) is 0 Å². The molecule has 2 rings (SSSR count). The number of hydrogen-bond acceptors (Lipinski definition) is 2. The molecule has 20 heavy (non-hydrogen) atoms. The molecule has 3 nitrogen and oxygen atoms in total. The molecule has 0 atom stereocenters. The number of carbonyl (C=O) groups is 1. The molecular formula is C15H22ClFN2O. The van der Waals surface area contributed by atoms with Gasteiger partial charge in [-0.25, -0.2) is 4.39 Å². The fourth-order valence-electron chi connectivity index (χ4n) is 2.60. The maximum atomic E-state index is 13.4. The highest BCUT2D eigenvalue weighted by Gasteiger charge is 2.34. The molecule has 1 aliphatic carbocycles. The number of rotatable bonds is 4. The van der Waals surface area contributed by atoms with Crippen molar-refractivity contribution in [1.82, 2.24) is 5.32 Å². The lowest BCUT2D eigenvalue weighted by Crippen LogP contribution is -2.55. The Morgan fingerprint density at radius 1 is 1.25 bits per heavy atom. The van der Waals surface area contributed by atoms with E-state index in [9.17, 15) is 9.18 Å². The van der Waals surface area contributed by atoms with Crippen LogP contribution in [-0.4, -0.2) is 18.0 Å². The van der Waals surface area contributed by atoms with Crippen molar-refractivity contribution in [1.29, 1.82) is 0 Å². The highest BCUT2D eigenvalue weighted by Crippen LogP contribution is 2.25. The summed E-state index contributed by atoms with van der Waals surface area (Å²) in [6.07, 6.45) is 5.17. The number of hydrogen-bond donors (Lipinski definition) is 2. The van der Waals surface area contributed by atoms with E-state index in [1.54, 1.807) is 18.2 Å². The van der Waals surface area contributed by atoms with Gasteiger partial charge < -0.3 is 11.1 Å². The van der Waals surface area contributed by atoms with E-state index in [1.807, 2.05) is 0 Å². The third kappa shape index (κ3) is 4.18. The zero-order chi connectivity index (χ0) is 13.7. The Morgan fingerprint density at radius 2 is 1.90 bits per heavy atom. The van der Waals surface area contributed by atoms with Crippen molar-refractivity contribution in [3.63, 3.8) is 0 Å². The molecule has 0 bridgehead atoms. The molecule has 0 saturated heterocycles. The van der Waals surface area contributed by atoms with Gasteiger partial charge in [0.25, 0.3) is 0 Å². The second kappa shape index (κ2) is 7.60. The Morgan fingerprint density at radius 3 is 2.55 bits per heavy atom. The van der Waals surface area contributed by atoms with Crippen LogP contribution in [-0.2, 0) is 11.2 Å². The largest absolute Gasteiger partial charge is 0.354 e. The number of benzene rings is 1. The maximum absolute atomic E-state index is 13.4. The predicted molar refractivity (Wildman–Crippen MR) is 80.4 cm³/mol. The molecule has 5 heteroatoms. The molecule has 0 radical (unpaired) electrons. The Bertz CT molecular complexity index is 447. The molecule has 1 saturated carbocycles. The summed E-state index contributed by atoms with van der Waals surface area (Å²) in [6, 6.07) is 6.63. The molecule has 0 spiro atoms. The van der Waals surface area contributed by atoms with Crippen molar-refractivity contribution < 1.29 is 9.18 Å². The molecule has 1 aliphatic rings. The van der Waals surface area contributed by atoms with Gasteiger partial charge in [0.1, 0.15) is 5.82 Å². The van der Waals surface area contributed by atoms with Crippen molar-refractivity contribution in [2.45, 2.75) is 44.1 Å². The molecule has 3 N–H and O–H groups in total. The molecule has 0 aliphatic heterocycles. The molecule has 1 aromatic carbocycles. The average molecular weight is 301 g/mol. The molecule has 0 aromatic heterocycles. The molecule has 1 fully saturated rings. The summed E-state index contributed by atoms with van der Waals surface area (Å²) >= 11 is 0. The summed E-state index contributed by atoms with van der Waals surface area (Å²) in [5.41, 5.74) is 6.03. The quantitative estimate of drug-likeness (QED) is 0.898. The van der Waals surface area contributed by atoms with E-state index in [4.69, 9.17) is 5.73 Å². The van der Waals surface area contributed by atoms with Gasteiger partial charge in [-0.15, -0.1) is 12.4 Å². The van der Waals surface area contributed by atoms with E-state index in [-0.39, 0.29) is 24.1 Å². The number of nitrogens with one attached hydrogen (secondary N) is 1. The smallest absolute Gasteiger partial charge is 0.240 e. The van der Waals surface area contributed by atoms with Crippen molar-refractivity contribution >= 4 is 18.3 Å². The minimum atomic E-state index is -0.715. The number of nitrogens with two attached hydrogens (primary N) is 1. The molecular weight excluding hydrogens is 279 g/mol. The Kier molecular flexibility index (Phi) is 6.43. The summed E-state index contributed by atoms with van der Waals surface area (Å²) in [4.78, 5) is 12.1. The molecule has 0 heterocycles. The average Bonchev–Trinajstić information content (AvgIpc) is 2.41. The second-order valence-electron chi connectivity index (χ2n) is 5.31.